The molecule has 1 amide bonds. The molecule has 0 aliphatic heterocycles. The first kappa shape index (κ1) is 8.17. The van der Waals surface area contributed by atoms with Gasteiger partial charge < -0.3 is 10.1 Å². The molecule has 0 atom stereocenters. The van der Waals surface area contributed by atoms with E-state index in [9.17, 15) is 4.79 Å². The minimum Gasteiger partial charge on any atom is -0.381 e. The van der Waals surface area contributed by atoms with Crippen molar-refractivity contribution in [2.75, 3.05) is 20.8 Å². The third-order valence-electron chi connectivity index (χ3n) is 0.779. The largest absolute Gasteiger partial charge is 0.381 e. The van der Waals surface area contributed by atoms with Crippen LogP contribution in [0.3, 0.4) is 0 Å². The second-order valence-electron chi connectivity index (χ2n) is 1.47. The first-order chi connectivity index (χ1) is 4.31. The van der Waals surface area contributed by atoms with Crippen LogP contribution in [0.1, 0.15) is 0 Å². The maximum atomic E-state index is 10.4. The molecule has 0 aliphatic rings. The number of nitrogens with one attached hydrogen (secondary N) is 1. The fourth-order valence-electron chi connectivity index (χ4n) is 0.335. The van der Waals surface area contributed by atoms with Crippen LogP contribution in [0.2, 0.25) is 0 Å². The molecule has 0 fully saturated rings. The van der Waals surface area contributed by atoms with E-state index in [1.807, 2.05) is 0 Å². The number of rotatable bonds is 3. The van der Waals surface area contributed by atoms with Crippen LogP contribution in [0, 0.1) is 0 Å². The molecule has 0 unspecified atom stereocenters. The SMILES string of the molecule is CNC(=O)/C=C/COC. The molecule has 9 heavy (non-hydrogen) atoms. The number of ether oxygens (including phenoxy) is 1. The summed E-state index contributed by atoms with van der Waals surface area (Å²) in [6, 6.07) is 0. The lowest BCUT2D eigenvalue weighted by molar-refractivity contribution is -0.116. The first-order valence-corrected chi connectivity index (χ1v) is 2.68. The Kier molecular flexibility index (Phi) is 4.82. The average Bonchev–Trinajstić information content (AvgIpc) is 1.89. The molecular formula is C6H11NO2. The predicted molar refractivity (Wildman–Crippen MR) is 35.1 cm³/mol. The van der Waals surface area contributed by atoms with Gasteiger partial charge in [0.1, 0.15) is 0 Å². The average molecular weight is 129 g/mol. The normalized spacial score (nSPS) is 10.0. The number of methoxy groups -OCH3 is 1. The summed E-state index contributed by atoms with van der Waals surface area (Å²) < 4.78 is 4.67. The van der Waals surface area contributed by atoms with Crippen LogP contribution >= 0.6 is 0 Å². The molecule has 3 nitrogen and oxygen atoms in total. The van der Waals surface area contributed by atoms with Crippen molar-refractivity contribution < 1.29 is 9.53 Å². The van der Waals surface area contributed by atoms with Crippen LogP contribution in [0.4, 0.5) is 0 Å². The lowest BCUT2D eigenvalue weighted by Crippen LogP contribution is -2.14. The molecule has 0 aromatic heterocycles. The van der Waals surface area contributed by atoms with E-state index in [1.165, 1.54) is 6.08 Å². The van der Waals surface area contributed by atoms with Gasteiger partial charge in [0.2, 0.25) is 5.91 Å². The van der Waals surface area contributed by atoms with Gasteiger partial charge in [0.25, 0.3) is 0 Å². The van der Waals surface area contributed by atoms with Gasteiger partial charge in [0.15, 0.2) is 0 Å². The molecule has 0 spiro atoms. The van der Waals surface area contributed by atoms with Gasteiger partial charge in [-0.2, -0.15) is 0 Å². The number of carbonyl (C=O) groups excluding carboxylic acids is 1. The summed E-state index contributed by atoms with van der Waals surface area (Å²) in [6.07, 6.45) is 3.09. The van der Waals surface area contributed by atoms with E-state index in [2.05, 4.69) is 10.1 Å². The Bertz CT molecular complexity index is 110. The van der Waals surface area contributed by atoms with E-state index >= 15 is 0 Å². The van der Waals surface area contributed by atoms with Gasteiger partial charge >= 0.3 is 0 Å². The first-order valence-electron chi connectivity index (χ1n) is 2.68. The quantitative estimate of drug-likeness (QED) is 0.542. The van der Waals surface area contributed by atoms with Crippen LogP contribution in [0.5, 0.6) is 0 Å². The Morgan fingerprint density at radius 2 is 2.44 bits per heavy atom. The monoisotopic (exact) mass is 129 g/mol. The van der Waals surface area contributed by atoms with Crippen LogP contribution in [0.25, 0.3) is 0 Å². The molecule has 0 heterocycles. The Hall–Kier alpha value is -0.830. The molecule has 0 bridgehead atoms. The Labute approximate surface area is 54.7 Å². The minimum absolute atomic E-state index is 0.105. The molecule has 0 aromatic carbocycles. The third-order valence-corrected chi connectivity index (χ3v) is 0.779. The highest BCUT2D eigenvalue weighted by atomic mass is 16.5. The summed E-state index contributed by atoms with van der Waals surface area (Å²) >= 11 is 0. The number of hydrogen-bond donors (Lipinski definition) is 1. The van der Waals surface area contributed by atoms with Crippen LogP contribution in [-0.4, -0.2) is 26.7 Å². The van der Waals surface area contributed by atoms with Gasteiger partial charge in [0, 0.05) is 20.2 Å². The molecule has 0 saturated carbocycles. The Balaban J connectivity index is 3.32. The molecule has 52 valence electrons. The van der Waals surface area contributed by atoms with Crippen molar-refractivity contribution in [1.29, 1.82) is 0 Å². The maximum Gasteiger partial charge on any atom is 0.243 e. The van der Waals surface area contributed by atoms with Crippen molar-refractivity contribution in [3.63, 3.8) is 0 Å². The van der Waals surface area contributed by atoms with Gasteiger partial charge in [0.05, 0.1) is 6.61 Å². The van der Waals surface area contributed by atoms with Crippen LogP contribution in [-0.2, 0) is 9.53 Å². The fraction of sp³-hybridized carbons (Fsp3) is 0.500. The van der Waals surface area contributed by atoms with Crippen molar-refractivity contribution in [3.05, 3.63) is 12.2 Å². The summed E-state index contributed by atoms with van der Waals surface area (Å²) in [7, 11) is 3.16. The summed E-state index contributed by atoms with van der Waals surface area (Å²) in [6.45, 7) is 0.480. The second-order valence-corrected chi connectivity index (χ2v) is 1.47. The van der Waals surface area contributed by atoms with Crippen LogP contribution < -0.4 is 5.32 Å². The Morgan fingerprint density at radius 1 is 1.78 bits per heavy atom. The summed E-state index contributed by atoms with van der Waals surface area (Å²) in [5, 5.41) is 2.44. The molecule has 0 aliphatic carbocycles. The number of likely N-dealkylation sites (N-methyl/N-ethyl adjacent to an activating group) is 1. The summed E-state index contributed by atoms with van der Waals surface area (Å²) in [5.41, 5.74) is 0. The highest BCUT2D eigenvalue weighted by molar-refractivity contribution is 5.87. The Morgan fingerprint density at radius 3 is 2.89 bits per heavy atom. The standard InChI is InChI=1S/C6H11NO2/c1-7-6(8)4-3-5-9-2/h3-4H,5H2,1-2H3,(H,7,8)/b4-3+. The highest BCUT2D eigenvalue weighted by Gasteiger charge is 1.84. The lowest BCUT2D eigenvalue weighted by atomic mass is 10.5. The van der Waals surface area contributed by atoms with E-state index in [0.29, 0.717) is 6.61 Å². The lowest BCUT2D eigenvalue weighted by Gasteiger charge is -1.88. The zero-order valence-corrected chi connectivity index (χ0v) is 5.68. The maximum absolute atomic E-state index is 10.4. The molecule has 0 rings (SSSR count). The van der Waals surface area contributed by atoms with E-state index in [0.717, 1.165) is 0 Å². The predicted octanol–water partition coefficient (Wildman–Crippen LogP) is -0.0650. The van der Waals surface area contributed by atoms with Crippen molar-refractivity contribution >= 4 is 5.91 Å². The fourth-order valence-corrected chi connectivity index (χ4v) is 0.335. The van der Waals surface area contributed by atoms with Gasteiger partial charge in [-0.1, -0.05) is 6.08 Å². The molecular weight excluding hydrogens is 118 g/mol. The van der Waals surface area contributed by atoms with E-state index < -0.39 is 0 Å². The zero-order valence-electron chi connectivity index (χ0n) is 5.68. The highest BCUT2D eigenvalue weighted by Crippen LogP contribution is 1.72. The number of carbonyl (C=O) groups is 1. The van der Waals surface area contributed by atoms with Gasteiger partial charge in [-0.05, 0) is 0 Å². The zero-order chi connectivity index (χ0) is 7.11. The summed E-state index contributed by atoms with van der Waals surface area (Å²) in [5.74, 6) is -0.105. The molecule has 0 aromatic rings. The van der Waals surface area contributed by atoms with Gasteiger partial charge in [-0.25, -0.2) is 0 Å². The molecule has 0 radical (unpaired) electrons. The van der Waals surface area contributed by atoms with Crippen molar-refractivity contribution in [3.8, 4) is 0 Å². The summed E-state index contributed by atoms with van der Waals surface area (Å²) in [4.78, 5) is 10.4. The van der Waals surface area contributed by atoms with Crippen molar-refractivity contribution in [1.82, 2.24) is 5.32 Å². The van der Waals surface area contributed by atoms with Crippen molar-refractivity contribution in [2.45, 2.75) is 0 Å². The second kappa shape index (κ2) is 5.31. The topological polar surface area (TPSA) is 38.3 Å². The minimum atomic E-state index is -0.105. The molecule has 0 saturated heterocycles. The molecule has 3 heteroatoms. The van der Waals surface area contributed by atoms with Crippen LogP contribution in [0.15, 0.2) is 12.2 Å². The van der Waals surface area contributed by atoms with Gasteiger partial charge in [-0.15, -0.1) is 0 Å². The van der Waals surface area contributed by atoms with E-state index in [1.54, 1.807) is 20.2 Å². The van der Waals surface area contributed by atoms with Gasteiger partial charge in [-0.3, -0.25) is 4.79 Å². The van der Waals surface area contributed by atoms with E-state index in [4.69, 9.17) is 0 Å². The van der Waals surface area contributed by atoms with Crippen molar-refractivity contribution in [2.24, 2.45) is 0 Å². The third kappa shape index (κ3) is 5.03. The smallest absolute Gasteiger partial charge is 0.243 e. The van der Waals surface area contributed by atoms with E-state index in [-0.39, 0.29) is 5.91 Å². The number of hydrogen-bond acceptors (Lipinski definition) is 2. The molecule has 1 N–H and O–H groups in total. The number of amides is 1.